The Morgan fingerprint density at radius 3 is 2.30 bits per heavy atom. The number of aromatic amines is 1. The number of hydrogen-bond donors (Lipinski definition) is 3. The Morgan fingerprint density at radius 1 is 1.13 bits per heavy atom. The van der Waals surface area contributed by atoms with Gasteiger partial charge in [0.2, 0.25) is 0 Å². The van der Waals surface area contributed by atoms with Gasteiger partial charge in [-0.3, -0.25) is 0 Å². The molecule has 23 heavy (non-hydrogen) atoms. The van der Waals surface area contributed by atoms with E-state index < -0.39 is 0 Å². The number of aryl methyl sites for hydroxylation is 1. The quantitative estimate of drug-likeness (QED) is 0.805. The van der Waals surface area contributed by atoms with Gasteiger partial charge in [-0.15, -0.1) is 0 Å². The smallest absolute Gasteiger partial charge is 0.107 e. The standard InChI is InChI=1S/C17H24N2.2CH4O/c1-17(2,3)13-8-9-14-15(11-13)19-16(18-14)10-7-12-5-4-6-12;2*1-2/h8-9,11-12H,4-7,10H2,1-3H3,(H,18,19);2*2H,1H3. The highest BCUT2D eigenvalue weighted by Crippen LogP contribution is 2.30. The van der Waals surface area contributed by atoms with Crippen LogP contribution in [0, 0.1) is 5.92 Å². The molecule has 1 aromatic heterocycles. The van der Waals surface area contributed by atoms with E-state index in [9.17, 15) is 0 Å². The fourth-order valence-electron chi connectivity index (χ4n) is 2.77. The fourth-order valence-corrected chi connectivity index (χ4v) is 2.77. The first-order valence-electron chi connectivity index (χ1n) is 8.41. The van der Waals surface area contributed by atoms with Gasteiger partial charge in [0.15, 0.2) is 0 Å². The van der Waals surface area contributed by atoms with Crippen molar-refractivity contribution >= 4 is 11.0 Å². The van der Waals surface area contributed by atoms with Gasteiger partial charge in [-0.25, -0.2) is 4.98 Å². The van der Waals surface area contributed by atoms with Gasteiger partial charge in [0, 0.05) is 20.6 Å². The van der Waals surface area contributed by atoms with Crippen molar-refractivity contribution in [1.29, 1.82) is 0 Å². The monoisotopic (exact) mass is 320 g/mol. The number of fused-ring (bicyclic) bond motifs is 1. The predicted molar refractivity (Wildman–Crippen MR) is 96.7 cm³/mol. The van der Waals surface area contributed by atoms with Crippen LogP contribution in [0.2, 0.25) is 0 Å². The van der Waals surface area contributed by atoms with E-state index in [4.69, 9.17) is 15.2 Å². The zero-order chi connectivity index (χ0) is 17.5. The van der Waals surface area contributed by atoms with Gasteiger partial charge in [-0.2, -0.15) is 0 Å². The lowest BCUT2D eigenvalue weighted by atomic mass is 9.82. The minimum Gasteiger partial charge on any atom is -0.400 e. The molecule has 1 aromatic carbocycles. The third-order valence-corrected chi connectivity index (χ3v) is 4.41. The van der Waals surface area contributed by atoms with Crippen LogP contribution in [0.3, 0.4) is 0 Å². The van der Waals surface area contributed by atoms with Gasteiger partial charge in [-0.05, 0) is 35.4 Å². The zero-order valence-electron chi connectivity index (χ0n) is 15.2. The first kappa shape index (κ1) is 19.7. The molecule has 1 saturated carbocycles. The minimum absolute atomic E-state index is 0.200. The topological polar surface area (TPSA) is 69.1 Å². The van der Waals surface area contributed by atoms with Crippen molar-refractivity contribution in [2.75, 3.05) is 14.2 Å². The van der Waals surface area contributed by atoms with Crippen molar-refractivity contribution in [1.82, 2.24) is 9.97 Å². The third kappa shape index (κ3) is 5.33. The SMILES string of the molecule is CC(C)(C)c1ccc2nc(CCC3CCC3)[nH]c2c1.CO.CO. The molecule has 1 aliphatic rings. The van der Waals surface area contributed by atoms with E-state index in [1.165, 1.54) is 36.8 Å². The molecule has 0 amide bonds. The number of aromatic nitrogens is 2. The van der Waals surface area contributed by atoms with Crippen LogP contribution >= 0.6 is 0 Å². The van der Waals surface area contributed by atoms with E-state index in [1.54, 1.807) is 0 Å². The number of nitrogens with one attached hydrogen (secondary N) is 1. The summed E-state index contributed by atoms with van der Waals surface area (Å²) in [5.41, 5.74) is 3.87. The van der Waals surface area contributed by atoms with Gasteiger partial charge in [0.25, 0.3) is 0 Å². The van der Waals surface area contributed by atoms with E-state index in [2.05, 4.69) is 44.0 Å². The van der Waals surface area contributed by atoms with Crippen LogP contribution in [0.25, 0.3) is 11.0 Å². The van der Waals surface area contributed by atoms with Gasteiger partial charge in [0.05, 0.1) is 11.0 Å². The van der Waals surface area contributed by atoms with Gasteiger partial charge in [-0.1, -0.05) is 46.1 Å². The Labute approximate surface area is 140 Å². The van der Waals surface area contributed by atoms with Crippen molar-refractivity contribution in [3.8, 4) is 0 Å². The normalized spacial score (nSPS) is 14.4. The number of nitrogens with zero attached hydrogens (tertiary/aromatic N) is 1. The van der Waals surface area contributed by atoms with Crippen LogP contribution in [0.4, 0.5) is 0 Å². The molecule has 4 heteroatoms. The molecule has 1 fully saturated rings. The summed E-state index contributed by atoms with van der Waals surface area (Å²) >= 11 is 0. The second kappa shape index (κ2) is 9.04. The lowest BCUT2D eigenvalue weighted by molar-refractivity contribution is 0.295. The van der Waals surface area contributed by atoms with Crippen LogP contribution in [0.5, 0.6) is 0 Å². The molecule has 0 spiro atoms. The maximum absolute atomic E-state index is 7.00. The largest absolute Gasteiger partial charge is 0.400 e. The Kier molecular flexibility index (Phi) is 7.73. The summed E-state index contributed by atoms with van der Waals surface area (Å²) in [5.74, 6) is 2.12. The summed E-state index contributed by atoms with van der Waals surface area (Å²) in [6.45, 7) is 6.76. The highest BCUT2D eigenvalue weighted by Gasteiger charge is 2.18. The molecule has 130 valence electrons. The highest BCUT2D eigenvalue weighted by molar-refractivity contribution is 5.76. The second-order valence-electron chi connectivity index (χ2n) is 7.00. The summed E-state index contributed by atoms with van der Waals surface area (Å²) in [5, 5.41) is 14.0. The molecular formula is C19H32N2O2. The maximum atomic E-state index is 7.00. The maximum Gasteiger partial charge on any atom is 0.107 e. The molecule has 3 N–H and O–H groups in total. The minimum atomic E-state index is 0.200. The Bertz CT molecular complexity index is 581. The number of benzene rings is 1. The van der Waals surface area contributed by atoms with Gasteiger partial charge < -0.3 is 15.2 Å². The predicted octanol–water partition coefficient (Wildman–Crippen LogP) is 3.81. The Balaban J connectivity index is 0.000000615. The molecule has 0 unspecified atom stereocenters. The van der Waals surface area contributed by atoms with Crippen LogP contribution in [-0.4, -0.2) is 34.4 Å². The average molecular weight is 320 g/mol. The van der Waals surface area contributed by atoms with Crippen LogP contribution in [0.1, 0.15) is 57.8 Å². The fraction of sp³-hybridized carbons (Fsp3) is 0.632. The lowest BCUT2D eigenvalue weighted by Gasteiger charge is -2.24. The lowest BCUT2D eigenvalue weighted by Crippen LogP contribution is -2.11. The first-order valence-corrected chi connectivity index (χ1v) is 8.41. The molecule has 3 rings (SSSR count). The molecular weight excluding hydrogens is 288 g/mol. The molecule has 1 heterocycles. The molecule has 0 aliphatic heterocycles. The molecule has 0 saturated heterocycles. The van der Waals surface area contributed by atoms with Crippen molar-refractivity contribution < 1.29 is 10.2 Å². The zero-order valence-corrected chi connectivity index (χ0v) is 15.2. The summed E-state index contributed by atoms with van der Waals surface area (Å²) in [6.07, 6.45) is 6.68. The van der Waals surface area contributed by atoms with Crippen LogP contribution in [0.15, 0.2) is 18.2 Å². The van der Waals surface area contributed by atoms with Crippen LogP contribution < -0.4 is 0 Å². The third-order valence-electron chi connectivity index (χ3n) is 4.41. The van der Waals surface area contributed by atoms with E-state index in [0.29, 0.717) is 0 Å². The first-order chi connectivity index (χ1) is 11.0. The van der Waals surface area contributed by atoms with Crippen molar-refractivity contribution in [2.45, 2.75) is 58.3 Å². The summed E-state index contributed by atoms with van der Waals surface area (Å²) in [4.78, 5) is 8.21. The average Bonchev–Trinajstić information content (AvgIpc) is 2.90. The van der Waals surface area contributed by atoms with E-state index >= 15 is 0 Å². The van der Waals surface area contributed by atoms with E-state index in [0.717, 1.165) is 37.9 Å². The van der Waals surface area contributed by atoms with E-state index in [1.807, 2.05) is 0 Å². The number of hydrogen-bond acceptors (Lipinski definition) is 3. The number of imidazole rings is 1. The molecule has 4 nitrogen and oxygen atoms in total. The number of rotatable bonds is 3. The summed E-state index contributed by atoms with van der Waals surface area (Å²) in [7, 11) is 2.00. The van der Waals surface area contributed by atoms with Crippen molar-refractivity contribution in [2.24, 2.45) is 5.92 Å². The summed E-state index contributed by atoms with van der Waals surface area (Å²) < 4.78 is 0. The van der Waals surface area contributed by atoms with Crippen molar-refractivity contribution in [3.05, 3.63) is 29.6 Å². The highest BCUT2D eigenvalue weighted by atomic mass is 16.2. The molecule has 1 aliphatic carbocycles. The molecule has 0 radical (unpaired) electrons. The number of aliphatic hydroxyl groups is 2. The molecule has 0 atom stereocenters. The van der Waals surface area contributed by atoms with Crippen LogP contribution in [-0.2, 0) is 11.8 Å². The Morgan fingerprint density at radius 2 is 1.78 bits per heavy atom. The van der Waals surface area contributed by atoms with E-state index in [-0.39, 0.29) is 5.41 Å². The Hall–Kier alpha value is -1.39. The molecule has 0 bridgehead atoms. The summed E-state index contributed by atoms with van der Waals surface area (Å²) in [6, 6.07) is 6.62. The molecule has 2 aromatic rings. The van der Waals surface area contributed by atoms with Crippen molar-refractivity contribution in [3.63, 3.8) is 0 Å². The second-order valence-corrected chi connectivity index (χ2v) is 7.00. The van der Waals surface area contributed by atoms with Gasteiger partial charge in [0.1, 0.15) is 5.82 Å². The number of aliphatic hydroxyl groups excluding tert-OH is 2. The van der Waals surface area contributed by atoms with Gasteiger partial charge >= 0.3 is 0 Å². The number of H-pyrrole nitrogens is 1.